The molecule has 0 radical (unpaired) electrons. The first kappa shape index (κ1) is 22.5. The molecule has 0 aliphatic rings. The van der Waals surface area contributed by atoms with E-state index in [2.05, 4.69) is 0 Å². The van der Waals surface area contributed by atoms with Crippen molar-refractivity contribution in [2.45, 2.75) is 26.7 Å². The van der Waals surface area contributed by atoms with Crippen molar-refractivity contribution < 1.29 is 38.1 Å². The van der Waals surface area contributed by atoms with Crippen molar-refractivity contribution in [1.82, 2.24) is 0 Å². The van der Waals surface area contributed by atoms with Crippen LogP contribution >= 0.6 is 0 Å². The number of carbonyl (C=O) groups excluding carboxylic acids is 4. The minimum atomic E-state index is -0.243. The molecule has 0 aliphatic heterocycles. The van der Waals surface area contributed by atoms with Gasteiger partial charge in [0, 0.05) is 0 Å². The Bertz CT molecular complexity index is 367. The molecule has 0 aromatic heterocycles. The summed E-state index contributed by atoms with van der Waals surface area (Å²) in [6, 6.07) is 0. The maximum atomic E-state index is 11.2. The highest BCUT2D eigenvalue weighted by Gasteiger charge is 2.05. The zero-order chi connectivity index (χ0) is 18.2. The fourth-order valence-electron chi connectivity index (χ4n) is 1.59. The van der Waals surface area contributed by atoms with Gasteiger partial charge >= 0.3 is 0 Å². The highest BCUT2D eigenvalue weighted by atomic mass is 16.6. The van der Waals surface area contributed by atoms with Crippen LogP contribution in [0.1, 0.15) is 26.7 Å². The lowest BCUT2D eigenvalue weighted by atomic mass is 10.2. The Balaban J connectivity index is 3.23. The average molecular weight is 346 g/mol. The lowest BCUT2D eigenvalue weighted by Gasteiger charge is -2.07. The third-order valence-electron chi connectivity index (χ3n) is 2.53. The predicted octanol–water partition coefficient (Wildman–Crippen LogP) is 0.149. The molecule has 8 heteroatoms. The minimum absolute atomic E-state index is 0.0842. The van der Waals surface area contributed by atoms with E-state index >= 15 is 0 Å². The van der Waals surface area contributed by atoms with Gasteiger partial charge in [0.05, 0.1) is 52.5 Å². The molecule has 24 heavy (non-hydrogen) atoms. The largest absolute Gasteiger partial charge is 0.377 e. The van der Waals surface area contributed by atoms with E-state index in [1.54, 1.807) is 0 Å². The topological polar surface area (TPSA) is 105 Å². The molecule has 8 nitrogen and oxygen atoms in total. The molecule has 0 amide bonds. The summed E-state index contributed by atoms with van der Waals surface area (Å²) < 4.78 is 20.6. The molecule has 0 aromatic rings. The van der Waals surface area contributed by atoms with Crippen LogP contribution in [0.5, 0.6) is 0 Å². The van der Waals surface area contributed by atoms with Gasteiger partial charge in [-0.3, -0.25) is 19.2 Å². The van der Waals surface area contributed by atoms with Crippen LogP contribution in [-0.4, -0.2) is 76.0 Å². The van der Waals surface area contributed by atoms with Crippen LogP contribution in [0, 0.1) is 0 Å². The molecule has 0 saturated heterocycles. The number of hydrogen-bond acceptors (Lipinski definition) is 8. The van der Waals surface area contributed by atoms with E-state index in [1.807, 2.05) is 0 Å². The van der Waals surface area contributed by atoms with Crippen LogP contribution in [0.2, 0.25) is 0 Å². The maximum Gasteiger partial charge on any atom is 0.165 e. The van der Waals surface area contributed by atoms with E-state index in [9.17, 15) is 19.2 Å². The van der Waals surface area contributed by atoms with Crippen molar-refractivity contribution in [2.24, 2.45) is 0 Å². The van der Waals surface area contributed by atoms with E-state index in [1.165, 1.54) is 13.8 Å². The van der Waals surface area contributed by atoms with Gasteiger partial charge < -0.3 is 18.9 Å². The number of ketones is 4. The molecule has 0 fully saturated rings. The Hall–Kier alpha value is -1.48. The van der Waals surface area contributed by atoms with Crippen molar-refractivity contribution in [3.8, 4) is 0 Å². The van der Waals surface area contributed by atoms with Gasteiger partial charge in [-0.2, -0.15) is 0 Å². The third kappa shape index (κ3) is 16.9. The average Bonchev–Trinajstić information content (AvgIpc) is 2.46. The Labute approximate surface area is 141 Å². The zero-order valence-corrected chi connectivity index (χ0v) is 14.3. The molecule has 0 aromatic carbocycles. The summed E-state index contributed by atoms with van der Waals surface area (Å²) in [5.41, 5.74) is 0. The molecule has 0 bridgehead atoms. The van der Waals surface area contributed by atoms with Crippen LogP contribution in [0.25, 0.3) is 0 Å². The maximum absolute atomic E-state index is 11.2. The molecule has 0 saturated carbocycles. The SMILES string of the molecule is CC(=O)CC(=O)COCCOCCOCCOCC(=O)CC(C)=O. The second-order valence-corrected chi connectivity index (χ2v) is 5.16. The van der Waals surface area contributed by atoms with Gasteiger partial charge in [-0.25, -0.2) is 0 Å². The predicted molar refractivity (Wildman–Crippen MR) is 83.9 cm³/mol. The number of rotatable bonds is 17. The molecule has 0 atom stereocenters. The molecular weight excluding hydrogens is 320 g/mol. The zero-order valence-electron chi connectivity index (χ0n) is 14.3. The normalized spacial score (nSPS) is 10.6. The number of carbonyl (C=O) groups is 4. The number of hydrogen-bond donors (Lipinski definition) is 0. The fraction of sp³-hybridized carbons (Fsp3) is 0.750. The summed E-state index contributed by atoms with van der Waals surface area (Å²) in [6.45, 7) is 4.47. The molecule has 138 valence electrons. The van der Waals surface area contributed by atoms with Crippen LogP contribution in [0.4, 0.5) is 0 Å². The summed E-state index contributed by atoms with van der Waals surface area (Å²) in [5.74, 6) is -0.839. The number of Topliss-reactive ketones (excluding diaryl/α,β-unsaturated/α-hetero) is 4. The molecule has 0 N–H and O–H groups in total. The minimum Gasteiger partial charge on any atom is -0.377 e. The Morgan fingerprint density at radius 3 is 1.12 bits per heavy atom. The fourth-order valence-corrected chi connectivity index (χ4v) is 1.59. The van der Waals surface area contributed by atoms with E-state index in [4.69, 9.17) is 18.9 Å². The third-order valence-corrected chi connectivity index (χ3v) is 2.53. The second kappa shape index (κ2) is 15.1. The van der Waals surface area contributed by atoms with Crippen LogP contribution in [-0.2, 0) is 38.1 Å². The molecule has 0 unspecified atom stereocenters. The van der Waals surface area contributed by atoms with Crippen LogP contribution in [0.15, 0.2) is 0 Å². The van der Waals surface area contributed by atoms with Crippen LogP contribution < -0.4 is 0 Å². The first-order chi connectivity index (χ1) is 11.4. The monoisotopic (exact) mass is 346 g/mol. The van der Waals surface area contributed by atoms with Gasteiger partial charge in [-0.15, -0.1) is 0 Å². The Morgan fingerprint density at radius 1 is 0.542 bits per heavy atom. The molecule has 0 heterocycles. The first-order valence-electron chi connectivity index (χ1n) is 7.75. The van der Waals surface area contributed by atoms with Gasteiger partial charge in [-0.05, 0) is 13.8 Å². The standard InChI is InChI=1S/C16H26O8/c1-13(17)9-15(19)11-23-7-5-21-3-4-22-6-8-24-12-16(20)10-14(2)18/h3-12H2,1-2H3. The van der Waals surface area contributed by atoms with E-state index < -0.39 is 0 Å². The highest BCUT2D eigenvalue weighted by Crippen LogP contribution is 1.89. The van der Waals surface area contributed by atoms with Crippen LogP contribution in [0.3, 0.4) is 0 Å². The van der Waals surface area contributed by atoms with Gasteiger partial charge in [0.1, 0.15) is 24.8 Å². The van der Waals surface area contributed by atoms with Crippen molar-refractivity contribution in [2.75, 3.05) is 52.9 Å². The summed E-state index contributed by atoms with van der Waals surface area (Å²) in [7, 11) is 0. The summed E-state index contributed by atoms with van der Waals surface area (Å²) >= 11 is 0. The van der Waals surface area contributed by atoms with Crippen molar-refractivity contribution in [3.63, 3.8) is 0 Å². The van der Waals surface area contributed by atoms with Crippen molar-refractivity contribution >= 4 is 23.1 Å². The second-order valence-electron chi connectivity index (χ2n) is 5.16. The lowest BCUT2D eigenvalue weighted by Crippen LogP contribution is -2.17. The molecule has 0 spiro atoms. The van der Waals surface area contributed by atoms with E-state index in [0.717, 1.165) is 0 Å². The number of ether oxygens (including phenoxy) is 4. The highest BCUT2D eigenvalue weighted by molar-refractivity contribution is 5.98. The van der Waals surface area contributed by atoms with Gasteiger partial charge in [0.25, 0.3) is 0 Å². The van der Waals surface area contributed by atoms with Gasteiger partial charge in [-0.1, -0.05) is 0 Å². The molecule has 0 rings (SSSR count). The Kier molecular flexibility index (Phi) is 14.1. The summed E-state index contributed by atoms with van der Waals surface area (Å²) in [4.78, 5) is 43.7. The lowest BCUT2D eigenvalue weighted by molar-refractivity contribution is -0.131. The molecule has 0 aliphatic carbocycles. The first-order valence-corrected chi connectivity index (χ1v) is 7.75. The Morgan fingerprint density at radius 2 is 0.833 bits per heavy atom. The summed E-state index contributed by atoms with van der Waals surface area (Å²) in [6.07, 6.45) is -0.200. The van der Waals surface area contributed by atoms with Crippen molar-refractivity contribution in [3.05, 3.63) is 0 Å². The molecular formula is C16H26O8. The summed E-state index contributed by atoms with van der Waals surface area (Å²) in [5, 5.41) is 0. The van der Waals surface area contributed by atoms with E-state index in [-0.39, 0.29) is 62.4 Å². The van der Waals surface area contributed by atoms with Gasteiger partial charge in [0.2, 0.25) is 0 Å². The van der Waals surface area contributed by atoms with Gasteiger partial charge in [0.15, 0.2) is 11.6 Å². The smallest absolute Gasteiger partial charge is 0.165 e. The van der Waals surface area contributed by atoms with Crippen molar-refractivity contribution in [1.29, 1.82) is 0 Å². The quantitative estimate of drug-likeness (QED) is 0.271. The van der Waals surface area contributed by atoms with E-state index in [0.29, 0.717) is 26.4 Å².